The van der Waals surface area contributed by atoms with Gasteiger partial charge < -0.3 is 23.5 Å². The fourth-order valence-electron chi connectivity index (χ4n) is 2.34. The van der Waals surface area contributed by atoms with E-state index in [9.17, 15) is 4.79 Å². The minimum absolute atomic E-state index is 0.122. The molecule has 0 saturated heterocycles. The van der Waals surface area contributed by atoms with E-state index in [1.54, 1.807) is 18.2 Å². The van der Waals surface area contributed by atoms with Crippen molar-refractivity contribution in [1.82, 2.24) is 10.1 Å². The molecule has 0 aliphatic carbocycles. The highest BCUT2D eigenvalue weighted by molar-refractivity contribution is 7.08. The van der Waals surface area contributed by atoms with Gasteiger partial charge in [0.15, 0.2) is 18.1 Å². The van der Waals surface area contributed by atoms with Crippen molar-refractivity contribution in [3.63, 3.8) is 0 Å². The zero-order chi connectivity index (χ0) is 19.9. The summed E-state index contributed by atoms with van der Waals surface area (Å²) in [5.41, 5.74) is 1.49. The molecule has 0 aliphatic rings. The van der Waals surface area contributed by atoms with Gasteiger partial charge in [-0.3, -0.25) is 0 Å². The van der Waals surface area contributed by atoms with Crippen molar-refractivity contribution in [2.45, 2.75) is 6.61 Å². The Kier molecular flexibility index (Phi) is 6.28. The molecule has 0 unspecified atom stereocenters. The summed E-state index contributed by atoms with van der Waals surface area (Å²) >= 11 is 1.53. The lowest BCUT2D eigenvalue weighted by atomic mass is 10.1. The molecule has 2 aromatic heterocycles. The van der Waals surface area contributed by atoms with Gasteiger partial charge in [-0.05, 0) is 23.6 Å². The summed E-state index contributed by atoms with van der Waals surface area (Å²) < 4.78 is 26.0. The molecular formula is C19H18N2O6S. The van der Waals surface area contributed by atoms with E-state index in [2.05, 4.69) is 10.1 Å². The van der Waals surface area contributed by atoms with Crippen molar-refractivity contribution in [3.05, 3.63) is 46.5 Å². The summed E-state index contributed by atoms with van der Waals surface area (Å²) in [6, 6.07) is 5.26. The minimum atomic E-state index is -0.563. The van der Waals surface area contributed by atoms with Crippen molar-refractivity contribution in [2.75, 3.05) is 21.3 Å². The molecule has 3 rings (SSSR count). The largest absolute Gasteiger partial charge is 0.496 e. The molecule has 0 fully saturated rings. The summed E-state index contributed by atoms with van der Waals surface area (Å²) in [4.78, 5) is 16.2. The second kappa shape index (κ2) is 9.05. The molecule has 3 aromatic rings. The predicted molar refractivity (Wildman–Crippen MR) is 103 cm³/mol. The van der Waals surface area contributed by atoms with Crippen LogP contribution in [0.3, 0.4) is 0 Å². The van der Waals surface area contributed by atoms with Crippen LogP contribution in [-0.2, 0) is 16.1 Å². The molecule has 1 aromatic carbocycles. The number of hydrogen-bond acceptors (Lipinski definition) is 9. The standard InChI is InChI=1S/C19H18N2O6S/c1-23-14-9-16(25-3)15(24-2)8-12(14)4-5-18(22)26-10-17-20-19(21-27-17)13-6-7-28-11-13/h4-9,11H,10H2,1-3H3/b5-4+. The number of benzene rings is 1. The van der Waals surface area contributed by atoms with E-state index in [0.717, 1.165) is 5.56 Å². The van der Waals surface area contributed by atoms with Gasteiger partial charge in [0.25, 0.3) is 5.89 Å². The SMILES string of the molecule is COc1cc(OC)c(OC)cc1/C=C/C(=O)OCc1nc(-c2ccsc2)no1. The highest BCUT2D eigenvalue weighted by Gasteiger charge is 2.12. The maximum Gasteiger partial charge on any atom is 0.331 e. The average Bonchev–Trinajstić information content (AvgIpc) is 3.41. The molecule has 8 nitrogen and oxygen atoms in total. The molecule has 0 saturated carbocycles. The maximum absolute atomic E-state index is 12.0. The van der Waals surface area contributed by atoms with Gasteiger partial charge in [0.1, 0.15) is 5.75 Å². The van der Waals surface area contributed by atoms with Crippen LogP contribution in [0, 0.1) is 0 Å². The highest BCUT2D eigenvalue weighted by atomic mass is 32.1. The Hall–Kier alpha value is -3.33. The van der Waals surface area contributed by atoms with Gasteiger partial charge in [-0.2, -0.15) is 16.3 Å². The van der Waals surface area contributed by atoms with Crippen molar-refractivity contribution in [2.24, 2.45) is 0 Å². The lowest BCUT2D eigenvalue weighted by Crippen LogP contribution is -2.01. The van der Waals surface area contributed by atoms with Crippen LogP contribution >= 0.6 is 11.3 Å². The van der Waals surface area contributed by atoms with Crippen molar-refractivity contribution in [3.8, 4) is 28.6 Å². The number of carbonyl (C=O) groups excluding carboxylic acids is 1. The first kappa shape index (κ1) is 19.4. The van der Waals surface area contributed by atoms with E-state index in [-0.39, 0.29) is 12.5 Å². The molecule has 0 radical (unpaired) electrons. The van der Waals surface area contributed by atoms with Crippen molar-refractivity contribution < 1.29 is 28.3 Å². The summed E-state index contributed by atoms with van der Waals surface area (Å²) in [6.45, 7) is -0.122. The number of aromatic nitrogens is 2. The van der Waals surface area contributed by atoms with E-state index >= 15 is 0 Å². The zero-order valence-electron chi connectivity index (χ0n) is 15.5. The van der Waals surface area contributed by atoms with E-state index < -0.39 is 5.97 Å². The van der Waals surface area contributed by atoms with Gasteiger partial charge in [-0.1, -0.05) is 5.16 Å². The summed E-state index contributed by atoms with van der Waals surface area (Å²) in [7, 11) is 4.59. The summed E-state index contributed by atoms with van der Waals surface area (Å²) in [5, 5.41) is 7.68. The first-order valence-corrected chi connectivity index (χ1v) is 9.09. The first-order valence-electron chi connectivity index (χ1n) is 8.14. The van der Waals surface area contributed by atoms with Gasteiger partial charge in [-0.15, -0.1) is 0 Å². The lowest BCUT2D eigenvalue weighted by molar-refractivity contribution is -0.139. The topological polar surface area (TPSA) is 92.9 Å². The Morgan fingerprint density at radius 3 is 2.57 bits per heavy atom. The Bertz CT molecular complexity index is 965. The number of thiophene rings is 1. The highest BCUT2D eigenvalue weighted by Crippen LogP contribution is 2.35. The Balaban J connectivity index is 1.64. The molecule has 0 atom stereocenters. The zero-order valence-corrected chi connectivity index (χ0v) is 16.3. The summed E-state index contributed by atoms with van der Waals surface area (Å²) in [6.07, 6.45) is 2.84. The van der Waals surface area contributed by atoms with Crippen LogP contribution in [0.25, 0.3) is 17.5 Å². The van der Waals surface area contributed by atoms with Gasteiger partial charge in [0, 0.05) is 28.6 Å². The van der Waals surface area contributed by atoms with Crippen LogP contribution < -0.4 is 14.2 Å². The fourth-order valence-corrected chi connectivity index (χ4v) is 2.98. The van der Waals surface area contributed by atoms with Crippen molar-refractivity contribution in [1.29, 1.82) is 0 Å². The van der Waals surface area contributed by atoms with Gasteiger partial charge >= 0.3 is 5.97 Å². The molecule has 0 aliphatic heterocycles. The van der Waals surface area contributed by atoms with E-state index in [4.69, 9.17) is 23.5 Å². The smallest absolute Gasteiger partial charge is 0.331 e. The molecule has 28 heavy (non-hydrogen) atoms. The number of methoxy groups -OCH3 is 3. The molecule has 0 amide bonds. The monoisotopic (exact) mass is 402 g/mol. The lowest BCUT2D eigenvalue weighted by Gasteiger charge is -2.12. The average molecular weight is 402 g/mol. The number of nitrogens with zero attached hydrogens (tertiary/aromatic N) is 2. The van der Waals surface area contributed by atoms with Gasteiger partial charge in [0.05, 0.1) is 21.3 Å². The van der Waals surface area contributed by atoms with Crippen LogP contribution in [-0.4, -0.2) is 37.4 Å². The van der Waals surface area contributed by atoms with Crippen LogP contribution in [0.2, 0.25) is 0 Å². The third-order valence-electron chi connectivity index (χ3n) is 3.72. The van der Waals surface area contributed by atoms with Crippen LogP contribution in [0.1, 0.15) is 11.5 Å². The molecule has 0 bridgehead atoms. The van der Waals surface area contributed by atoms with Crippen LogP contribution in [0.4, 0.5) is 0 Å². The third-order valence-corrected chi connectivity index (χ3v) is 4.40. The minimum Gasteiger partial charge on any atom is -0.496 e. The first-order chi connectivity index (χ1) is 13.6. The second-order valence-corrected chi connectivity index (χ2v) is 6.19. The van der Waals surface area contributed by atoms with Gasteiger partial charge in [-0.25, -0.2) is 4.79 Å². The number of ether oxygens (including phenoxy) is 4. The third kappa shape index (κ3) is 4.49. The normalized spacial score (nSPS) is 10.8. The molecule has 0 N–H and O–H groups in total. The predicted octanol–water partition coefficient (Wildman–Crippen LogP) is 3.58. The quantitative estimate of drug-likeness (QED) is 0.417. The molecule has 9 heteroatoms. The number of hydrogen-bond donors (Lipinski definition) is 0. The van der Waals surface area contributed by atoms with Crippen LogP contribution in [0.5, 0.6) is 17.2 Å². The van der Waals surface area contributed by atoms with Gasteiger partial charge in [0.2, 0.25) is 5.82 Å². The number of esters is 1. The van der Waals surface area contributed by atoms with E-state index in [0.29, 0.717) is 28.6 Å². The maximum atomic E-state index is 12.0. The number of rotatable bonds is 8. The molecule has 2 heterocycles. The summed E-state index contributed by atoms with van der Waals surface area (Å²) in [5.74, 6) is 1.68. The Labute approximate surface area is 165 Å². The molecule has 146 valence electrons. The molecular weight excluding hydrogens is 384 g/mol. The molecule has 0 spiro atoms. The van der Waals surface area contributed by atoms with E-state index in [1.807, 2.05) is 16.8 Å². The Morgan fingerprint density at radius 2 is 1.89 bits per heavy atom. The van der Waals surface area contributed by atoms with Crippen molar-refractivity contribution >= 4 is 23.4 Å². The fraction of sp³-hybridized carbons (Fsp3) is 0.211. The second-order valence-electron chi connectivity index (χ2n) is 5.41. The Morgan fingerprint density at radius 1 is 1.14 bits per heavy atom. The number of carbonyl (C=O) groups is 1. The van der Waals surface area contributed by atoms with Crippen LogP contribution in [0.15, 0.2) is 39.6 Å². The van der Waals surface area contributed by atoms with E-state index in [1.165, 1.54) is 38.7 Å².